The summed E-state index contributed by atoms with van der Waals surface area (Å²) >= 11 is 0. The van der Waals surface area contributed by atoms with E-state index in [4.69, 9.17) is 0 Å². The van der Waals surface area contributed by atoms with Crippen LogP contribution in [0.2, 0.25) is 0 Å². The number of hydrogen-bond acceptors (Lipinski definition) is 3. The maximum atomic E-state index is 11.6. The topological polar surface area (TPSA) is 23.6 Å². The van der Waals surface area contributed by atoms with Gasteiger partial charge in [0, 0.05) is 32.1 Å². The average Bonchev–Trinajstić information content (AvgIpc) is 2.59. The van der Waals surface area contributed by atoms with Crippen molar-refractivity contribution in [2.24, 2.45) is 0 Å². The van der Waals surface area contributed by atoms with E-state index in [1.165, 1.54) is 19.5 Å². The van der Waals surface area contributed by atoms with Crippen molar-refractivity contribution in [1.29, 1.82) is 0 Å². The molecule has 2 aliphatic rings. The molecule has 2 heterocycles. The minimum absolute atomic E-state index is 0.144. The molecule has 3 nitrogen and oxygen atoms in total. The van der Waals surface area contributed by atoms with Crippen LogP contribution in [0.3, 0.4) is 0 Å². The van der Waals surface area contributed by atoms with Crippen LogP contribution in [-0.4, -0.2) is 53.8 Å². The van der Waals surface area contributed by atoms with Crippen LogP contribution in [-0.2, 0) is 4.79 Å². The molecule has 0 aromatic heterocycles. The largest absolute Gasteiger partial charge is 0.300 e. The van der Waals surface area contributed by atoms with Crippen molar-refractivity contribution in [3.05, 3.63) is 0 Å². The monoisotopic (exact) mass is 196 g/mol. The quantitative estimate of drug-likeness (QED) is 0.665. The number of fused-ring (bicyclic) bond motifs is 2. The molecule has 14 heavy (non-hydrogen) atoms. The fraction of sp³-hybridized carbons (Fsp3) is 0.909. The smallest absolute Gasteiger partial charge is 0.149 e. The highest BCUT2D eigenvalue weighted by Crippen LogP contribution is 2.22. The number of rotatable bonds is 3. The number of hydrogen-bond donors (Lipinski definition) is 0. The second-order valence-electron chi connectivity index (χ2n) is 4.48. The van der Waals surface area contributed by atoms with Crippen LogP contribution < -0.4 is 0 Å². The molecule has 2 aliphatic heterocycles. The second-order valence-corrected chi connectivity index (χ2v) is 4.48. The van der Waals surface area contributed by atoms with Gasteiger partial charge in [0.15, 0.2) is 0 Å². The standard InChI is InChI=1S/C11H20N2O/c1-3-11(14)9(2)13-7-6-12-5-4-10(13)8-12/h9-10H,3-8H2,1-2H3. The molecule has 80 valence electrons. The number of nitrogens with zero attached hydrogens (tertiary/aromatic N) is 2. The molecule has 0 radical (unpaired) electrons. The Morgan fingerprint density at radius 1 is 1.43 bits per heavy atom. The third-order valence-corrected chi connectivity index (χ3v) is 3.70. The van der Waals surface area contributed by atoms with Crippen LogP contribution in [0.15, 0.2) is 0 Å². The van der Waals surface area contributed by atoms with Gasteiger partial charge in [-0.25, -0.2) is 0 Å². The fourth-order valence-electron chi connectivity index (χ4n) is 2.72. The van der Waals surface area contributed by atoms with E-state index in [0.717, 1.165) is 13.1 Å². The summed E-state index contributed by atoms with van der Waals surface area (Å²) in [5.74, 6) is 0.394. The minimum Gasteiger partial charge on any atom is -0.300 e. The molecule has 2 bridgehead atoms. The van der Waals surface area contributed by atoms with Crippen LogP contribution in [0.1, 0.15) is 26.7 Å². The second kappa shape index (κ2) is 3.99. The van der Waals surface area contributed by atoms with E-state index in [-0.39, 0.29) is 6.04 Å². The van der Waals surface area contributed by atoms with Gasteiger partial charge >= 0.3 is 0 Å². The maximum absolute atomic E-state index is 11.6. The van der Waals surface area contributed by atoms with Gasteiger partial charge in [-0.15, -0.1) is 0 Å². The molecule has 0 saturated carbocycles. The minimum atomic E-state index is 0.144. The van der Waals surface area contributed by atoms with Crippen molar-refractivity contribution in [3.8, 4) is 0 Å². The first-order valence-electron chi connectivity index (χ1n) is 5.73. The van der Waals surface area contributed by atoms with Crippen molar-refractivity contribution in [3.63, 3.8) is 0 Å². The molecule has 2 fully saturated rings. The highest BCUT2D eigenvalue weighted by Gasteiger charge is 2.36. The third-order valence-electron chi connectivity index (χ3n) is 3.70. The van der Waals surface area contributed by atoms with Gasteiger partial charge in [-0.3, -0.25) is 9.69 Å². The first-order valence-corrected chi connectivity index (χ1v) is 5.73. The zero-order valence-electron chi connectivity index (χ0n) is 9.20. The molecule has 2 rings (SSSR count). The number of piperazine rings is 1. The summed E-state index contributed by atoms with van der Waals surface area (Å²) in [5, 5.41) is 0. The Hall–Kier alpha value is -0.410. The van der Waals surface area contributed by atoms with Crippen molar-refractivity contribution >= 4 is 5.78 Å². The number of ketones is 1. The first kappa shape index (κ1) is 10.1. The Morgan fingerprint density at radius 3 is 2.93 bits per heavy atom. The Morgan fingerprint density at radius 2 is 2.21 bits per heavy atom. The van der Waals surface area contributed by atoms with Gasteiger partial charge in [-0.05, 0) is 19.9 Å². The third kappa shape index (κ3) is 1.71. The lowest BCUT2D eigenvalue weighted by Gasteiger charge is -2.37. The van der Waals surface area contributed by atoms with Gasteiger partial charge in [0.1, 0.15) is 5.78 Å². The van der Waals surface area contributed by atoms with Crippen molar-refractivity contribution in [2.45, 2.75) is 38.8 Å². The number of carbonyl (C=O) groups excluding carboxylic acids is 1. The Kier molecular flexibility index (Phi) is 2.88. The Labute approximate surface area is 86.1 Å². The fourth-order valence-corrected chi connectivity index (χ4v) is 2.72. The zero-order chi connectivity index (χ0) is 10.1. The zero-order valence-corrected chi connectivity index (χ0v) is 9.20. The summed E-state index contributed by atoms with van der Waals surface area (Å²) in [5.41, 5.74) is 0. The van der Waals surface area contributed by atoms with Crippen LogP contribution in [0.25, 0.3) is 0 Å². The molecule has 0 N–H and O–H groups in total. The van der Waals surface area contributed by atoms with E-state index in [2.05, 4.69) is 16.7 Å². The first-order chi connectivity index (χ1) is 6.72. The predicted molar refractivity (Wildman–Crippen MR) is 56.3 cm³/mol. The van der Waals surface area contributed by atoms with Gasteiger partial charge in [0.25, 0.3) is 0 Å². The van der Waals surface area contributed by atoms with E-state index in [0.29, 0.717) is 18.2 Å². The van der Waals surface area contributed by atoms with E-state index in [1.807, 2.05) is 6.92 Å². The normalized spacial score (nSPS) is 34.4. The Balaban J connectivity index is 2.00. The van der Waals surface area contributed by atoms with Crippen molar-refractivity contribution < 1.29 is 4.79 Å². The molecule has 0 spiro atoms. The lowest BCUT2D eigenvalue weighted by atomic mass is 10.1. The lowest BCUT2D eigenvalue weighted by molar-refractivity contribution is -0.124. The van der Waals surface area contributed by atoms with Gasteiger partial charge < -0.3 is 4.90 Å². The van der Waals surface area contributed by atoms with Crippen LogP contribution in [0, 0.1) is 0 Å². The molecule has 0 amide bonds. The van der Waals surface area contributed by atoms with Gasteiger partial charge in [-0.1, -0.05) is 6.92 Å². The van der Waals surface area contributed by atoms with E-state index in [1.54, 1.807) is 0 Å². The summed E-state index contributed by atoms with van der Waals surface area (Å²) in [6.45, 7) is 8.68. The van der Waals surface area contributed by atoms with Crippen LogP contribution in [0.5, 0.6) is 0 Å². The SMILES string of the molecule is CCC(=O)C(C)N1CCN2CCC1C2. The molecule has 3 atom stereocenters. The van der Waals surface area contributed by atoms with E-state index >= 15 is 0 Å². The van der Waals surface area contributed by atoms with Gasteiger partial charge in [0.2, 0.25) is 0 Å². The molecule has 0 aliphatic carbocycles. The maximum Gasteiger partial charge on any atom is 0.149 e. The summed E-state index contributed by atoms with van der Waals surface area (Å²) in [6, 6.07) is 0.791. The molecular weight excluding hydrogens is 176 g/mol. The van der Waals surface area contributed by atoms with Crippen LogP contribution in [0.4, 0.5) is 0 Å². The average molecular weight is 196 g/mol. The van der Waals surface area contributed by atoms with E-state index < -0.39 is 0 Å². The highest BCUT2D eigenvalue weighted by atomic mass is 16.1. The highest BCUT2D eigenvalue weighted by molar-refractivity contribution is 5.83. The molecule has 0 aromatic carbocycles. The molecular formula is C11H20N2O. The number of carbonyl (C=O) groups is 1. The molecule has 2 saturated heterocycles. The summed E-state index contributed by atoms with van der Waals surface area (Å²) in [4.78, 5) is 16.5. The molecule has 3 heteroatoms. The van der Waals surface area contributed by atoms with Gasteiger partial charge in [0.05, 0.1) is 6.04 Å². The molecule has 3 unspecified atom stereocenters. The summed E-state index contributed by atoms with van der Waals surface area (Å²) in [6.07, 6.45) is 1.93. The van der Waals surface area contributed by atoms with E-state index in [9.17, 15) is 4.79 Å². The number of Topliss-reactive ketones (excluding diaryl/α,β-unsaturated/α-hetero) is 1. The van der Waals surface area contributed by atoms with Crippen molar-refractivity contribution in [1.82, 2.24) is 9.80 Å². The molecule has 0 aromatic rings. The van der Waals surface area contributed by atoms with Gasteiger partial charge in [-0.2, -0.15) is 0 Å². The summed E-state index contributed by atoms with van der Waals surface area (Å²) < 4.78 is 0. The summed E-state index contributed by atoms with van der Waals surface area (Å²) in [7, 11) is 0. The van der Waals surface area contributed by atoms with Crippen molar-refractivity contribution in [2.75, 3.05) is 26.2 Å². The Bertz CT molecular complexity index is 229. The lowest BCUT2D eigenvalue weighted by Crippen LogP contribution is -2.52. The predicted octanol–water partition coefficient (Wildman–Crippen LogP) is 0.744. The van der Waals surface area contributed by atoms with Crippen LogP contribution >= 0.6 is 0 Å².